The van der Waals surface area contributed by atoms with Gasteiger partial charge in [-0.05, 0) is 44.0 Å². The summed E-state index contributed by atoms with van der Waals surface area (Å²) in [6.45, 7) is 2.32. The lowest BCUT2D eigenvalue weighted by Crippen LogP contribution is -2.28. The van der Waals surface area contributed by atoms with Crippen molar-refractivity contribution in [3.05, 3.63) is 23.8 Å². The summed E-state index contributed by atoms with van der Waals surface area (Å²) in [5.41, 5.74) is 1.87. The molecule has 2 aliphatic rings. The van der Waals surface area contributed by atoms with Gasteiger partial charge in [-0.1, -0.05) is 5.21 Å². The summed E-state index contributed by atoms with van der Waals surface area (Å²) in [7, 11) is 0. The third-order valence-electron chi connectivity index (χ3n) is 4.60. The summed E-state index contributed by atoms with van der Waals surface area (Å²) in [5.74, 6) is -0.927. The molecule has 0 aliphatic carbocycles. The molecule has 2 aliphatic heterocycles. The van der Waals surface area contributed by atoms with Crippen molar-refractivity contribution in [1.82, 2.24) is 19.9 Å². The standard InChI is InChI=1S/C14H16N4O2/c19-14(20)9-3-4-11-10(8-9)15-16-18(11)13-5-7-17-6-1-2-12(13)17/h3-4,8,12-13H,1-2,5-7H2,(H,19,20). The van der Waals surface area contributed by atoms with Crippen molar-refractivity contribution < 1.29 is 9.90 Å². The number of carbonyl (C=O) groups is 1. The Kier molecular flexibility index (Phi) is 2.53. The Bertz CT molecular complexity index is 681. The molecule has 6 heteroatoms. The number of fused-ring (bicyclic) bond motifs is 2. The monoisotopic (exact) mass is 272 g/mol. The van der Waals surface area contributed by atoms with Crippen LogP contribution in [0.2, 0.25) is 0 Å². The highest BCUT2D eigenvalue weighted by atomic mass is 16.4. The molecule has 2 fully saturated rings. The van der Waals surface area contributed by atoms with E-state index in [4.69, 9.17) is 5.11 Å². The number of carboxylic acids is 1. The second-order valence-electron chi connectivity index (χ2n) is 5.64. The molecule has 2 aromatic rings. The van der Waals surface area contributed by atoms with Gasteiger partial charge in [0, 0.05) is 12.6 Å². The molecule has 0 saturated carbocycles. The molecule has 1 N–H and O–H groups in total. The van der Waals surface area contributed by atoms with Gasteiger partial charge in [0.15, 0.2) is 0 Å². The molecule has 0 radical (unpaired) electrons. The first kappa shape index (κ1) is 11.8. The molecule has 4 rings (SSSR count). The molecule has 3 heterocycles. The van der Waals surface area contributed by atoms with E-state index in [1.54, 1.807) is 12.1 Å². The summed E-state index contributed by atoms with van der Waals surface area (Å²) < 4.78 is 2.00. The fraction of sp³-hybridized carbons (Fsp3) is 0.500. The number of benzene rings is 1. The number of nitrogens with zero attached hydrogens (tertiary/aromatic N) is 4. The quantitative estimate of drug-likeness (QED) is 0.898. The molecule has 2 unspecified atom stereocenters. The lowest BCUT2D eigenvalue weighted by Gasteiger charge is -2.20. The van der Waals surface area contributed by atoms with Crippen LogP contribution >= 0.6 is 0 Å². The van der Waals surface area contributed by atoms with Crippen LogP contribution in [0.25, 0.3) is 11.0 Å². The van der Waals surface area contributed by atoms with E-state index in [0.29, 0.717) is 17.6 Å². The Morgan fingerprint density at radius 1 is 1.25 bits per heavy atom. The van der Waals surface area contributed by atoms with Crippen LogP contribution in [0.3, 0.4) is 0 Å². The van der Waals surface area contributed by atoms with Crippen LogP contribution in [0.15, 0.2) is 18.2 Å². The van der Waals surface area contributed by atoms with Gasteiger partial charge >= 0.3 is 5.97 Å². The molecule has 0 bridgehead atoms. The lowest BCUT2D eigenvalue weighted by atomic mass is 10.1. The summed E-state index contributed by atoms with van der Waals surface area (Å²) in [6, 6.07) is 6.00. The Hall–Kier alpha value is -1.95. The average Bonchev–Trinajstić information content (AvgIpc) is 3.11. The zero-order chi connectivity index (χ0) is 13.7. The summed E-state index contributed by atoms with van der Waals surface area (Å²) >= 11 is 0. The third-order valence-corrected chi connectivity index (χ3v) is 4.60. The molecule has 6 nitrogen and oxygen atoms in total. The minimum atomic E-state index is -0.927. The van der Waals surface area contributed by atoms with E-state index in [9.17, 15) is 4.79 Å². The van der Waals surface area contributed by atoms with Crippen molar-refractivity contribution in [3.8, 4) is 0 Å². The Morgan fingerprint density at radius 2 is 2.15 bits per heavy atom. The predicted molar refractivity (Wildman–Crippen MR) is 72.7 cm³/mol. The van der Waals surface area contributed by atoms with Gasteiger partial charge in [0.25, 0.3) is 0 Å². The van der Waals surface area contributed by atoms with Crippen molar-refractivity contribution in [2.45, 2.75) is 31.3 Å². The molecular weight excluding hydrogens is 256 g/mol. The average molecular weight is 272 g/mol. The van der Waals surface area contributed by atoms with Gasteiger partial charge in [-0.3, -0.25) is 4.90 Å². The van der Waals surface area contributed by atoms with Crippen LogP contribution in [0, 0.1) is 0 Å². The minimum absolute atomic E-state index is 0.262. The highest BCUT2D eigenvalue weighted by Gasteiger charge is 2.39. The number of rotatable bonds is 2. The van der Waals surface area contributed by atoms with Gasteiger partial charge in [-0.25, -0.2) is 9.48 Å². The molecule has 1 aromatic carbocycles. The van der Waals surface area contributed by atoms with E-state index >= 15 is 0 Å². The number of aromatic carboxylic acids is 1. The molecular formula is C14H16N4O2. The second kappa shape index (κ2) is 4.28. The zero-order valence-electron chi connectivity index (χ0n) is 11.1. The largest absolute Gasteiger partial charge is 0.478 e. The maximum atomic E-state index is 11.0. The van der Waals surface area contributed by atoms with Crippen molar-refractivity contribution >= 4 is 17.0 Å². The number of hydrogen-bond acceptors (Lipinski definition) is 4. The molecule has 0 amide bonds. The van der Waals surface area contributed by atoms with Crippen LogP contribution < -0.4 is 0 Å². The van der Waals surface area contributed by atoms with Gasteiger partial charge in [-0.2, -0.15) is 0 Å². The van der Waals surface area contributed by atoms with E-state index in [1.807, 2.05) is 10.7 Å². The molecule has 0 spiro atoms. The minimum Gasteiger partial charge on any atom is -0.478 e. The van der Waals surface area contributed by atoms with E-state index in [2.05, 4.69) is 15.2 Å². The van der Waals surface area contributed by atoms with Gasteiger partial charge < -0.3 is 5.11 Å². The van der Waals surface area contributed by atoms with Crippen LogP contribution in [0.5, 0.6) is 0 Å². The van der Waals surface area contributed by atoms with E-state index in [0.717, 1.165) is 18.5 Å². The molecule has 1 aromatic heterocycles. The smallest absolute Gasteiger partial charge is 0.335 e. The number of hydrogen-bond donors (Lipinski definition) is 1. The second-order valence-corrected chi connectivity index (χ2v) is 5.64. The van der Waals surface area contributed by atoms with Gasteiger partial charge in [0.2, 0.25) is 0 Å². The first-order valence-corrected chi connectivity index (χ1v) is 7.06. The molecule has 2 saturated heterocycles. The van der Waals surface area contributed by atoms with Gasteiger partial charge in [0.05, 0.1) is 17.1 Å². The van der Waals surface area contributed by atoms with Crippen molar-refractivity contribution in [2.24, 2.45) is 0 Å². The highest BCUT2D eigenvalue weighted by molar-refractivity contribution is 5.92. The number of carboxylic acid groups (broad SMARTS) is 1. The predicted octanol–water partition coefficient (Wildman–Crippen LogP) is 1.54. The van der Waals surface area contributed by atoms with E-state index in [1.165, 1.54) is 19.4 Å². The maximum absolute atomic E-state index is 11.0. The SMILES string of the molecule is O=C(O)c1ccc2c(c1)nnn2C1CCN2CCCC12. The van der Waals surface area contributed by atoms with Crippen molar-refractivity contribution in [2.75, 3.05) is 13.1 Å². The lowest BCUT2D eigenvalue weighted by molar-refractivity contribution is 0.0697. The topological polar surface area (TPSA) is 71.2 Å². The normalized spacial score (nSPS) is 26.2. The number of aromatic nitrogens is 3. The van der Waals surface area contributed by atoms with Crippen molar-refractivity contribution in [3.63, 3.8) is 0 Å². The van der Waals surface area contributed by atoms with Crippen LogP contribution in [0.1, 0.15) is 35.7 Å². The first-order valence-electron chi connectivity index (χ1n) is 7.06. The zero-order valence-corrected chi connectivity index (χ0v) is 11.1. The Morgan fingerprint density at radius 3 is 3.00 bits per heavy atom. The summed E-state index contributed by atoms with van der Waals surface area (Å²) in [4.78, 5) is 13.5. The Labute approximate surface area is 116 Å². The van der Waals surface area contributed by atoms with E-state index < -0.39 is 5.97 Å². The van der Waals surface area contributed by atoms with Crippen LogP contribution in [0.4, 0.5) is 0 Å². The van der Waals surface area contributed by atoms with E-state index in [-0.39, 0.29) is 5.56 Å². The van der Waals surface area contributed by atoms with Gasteiger partial charge in [-0.15, -0.1) is 5.10 Å². The Balaban J connectivity index is 1.75. The van der Waals surface area contributed by atoms with Gasteiger partial charge in [0.1, 0.15) is 5.52 Å². The molecule has 20 heavy (non-hydrogen) atoms. The first-order chi connectivity index (χ1) is 9.74. The third kappa shape index (κ3) is 1.64. The van der Waals surface area contributed by atoms with Crippen LogP contribution in [-0.4, -0.2) is 50.1 Å². The maximum Gasteiger partial charge on any atom is 0.335 e. The summed E-state index contributed by atoms with van der Waals surface area (Å²) in [5, 5.41) is 17.5. The van der Waals surface area contributed by atoms with Crippen molar-refractivity contribution in [1.29, 1.82) is 0 Å². The van der Waals surface area contributed by atoms with Crippen LogP contribution in [-0.2, 0) is 0 Å². The fourth-order valence-electron chi connectivity index (χ4n) is 3.66. The highest BCUT2D eigenvalue weighted by Crippen LogP contribution is 2.36. The molecule has 2 atom stereocenters. The summed E-state index contributed by atoms with van der Waals surface area (Å²) in [6.07, 6.45) is 3.58. The fourth-order valence-corrected chi connectivity index (χ4v) is 3.66. The molecule has 104 valence electrons.